The largest absolute Gasteiger partial charge is 0.417 e. The first-order valence-corrected chi connectivity index (χ1v) is 12.5. The lowest BCUT2D eigenvalue weighted by molar-refractivity contribution is -0.138. The Kier molecular flexibility index (Phi) is 8.38. The van der Waals surface area contributed by atoms with Crippen LogP contribution in [-0.4, -0.2) is 20.7 Å². The molecule has 5 nitrogen and oxygen atoms in total. The number of nitrogens with one attached hydrogen (secondary N) is 1. The van der Waals surface area contributed by atoms with Gasteiger partial charge >= 0.3 is 18.5 Å². The molecule has 1 amide bonds. The number of amides is 1. The first kappa shape index (κ1) is 30.0. The van der Waals surface area contributed by atoms with Gasteiger partial charge in [0.05, 0.1) is 34.5 Å². The second kappa shape index (κ2) is 11.5. The van der Waals surface area contributed by atoms with E-state index in [0.717, 1.165) is 64.9 Å². The van der Waals surface area contributed by atoms with E-state index in [0.29, 0.717) is 0 Å². The SMILES string of the molecule is O=C(NCc1nnc(SCc2cccc(C(F)(F)F)c2)n1-c1cccc(C(F)(F)F)c1)c1ccccc1C(F)(F)F. The zero-order chi connectivity index (χ0) is 30.0. The number of alkyl halides is 9. The van der Waals surface area contributed by atoms with Gasteiger partial charge in [-0.1, -0.05) is 48.2 Å². The fourth-order valence-electron chi connectivity index (χ4n) is 3.76. The van der Waals surface area contributed by atoms with Gasteiger partial charge < -0.3 is 5.32 Å². The fraction of sp³-hybridized carbons (Fsp3) is 0.192. The van der Waals surface area contributed by atoms with Gasteiger partial charge in [0.2, 0.25) is 0 Å². The molecule has 0 fully saturated rings. The van der Waals surface area contributed by atoms with E-state index in [4.69, 9.17) is 0 Å². The average molecular weight is 604 g/mol. The van der Waals surface area contributed by atoms with Crippen LogP contribution >= 0.6 is 11.8 Å². The number of benzene rings is 3. The van der Waals surface area contributed by atoms with Crippen LogP contribution in [0.25, 0.3) is 5.69 Å². The van der Waals surface area contributed by atoms with Crippen LogP contribution in [0.1, 0.15) is 38.4 Å². The summed E-state index contributed by atoms with van der Waals surface area (Å²) in [5, 5.41) is 10.1. The lowest BCUT2D eigenvalue weighted by Crippen LogP contribution is -2.27. The molecule has 4 aromatic rings. The second-order valence-electron chi connectivity index (χ2n) is 8.50. The van der Waals surface area contributed by atoms with Crippen molar-refractivity contribution in [3.8, 4) is 5.69 Å². The number of rotatable bonds is 7. The van der Waals surface area contributed by atoms with E-state index >= 15 is 0 Å². The highest BCUT2D eigenvalue weighted by Gasteiger charge is 2.35. The molecule has 0 aliphatic carbocycles. The first-order chi connectivity index (χ1) is 19.1. The highest BCUT2D eigenvalue weighted by atomic mass is 32.2. The Bertz CT molecular complexity index is 1540. The molecule has 41 heavy (non-hydrogen) atoms. The molecule has 0 aliphatic heterocycles. The van der Waals surface area contributed by atoms with Gasteiger partial charge in [-0.25, -0.2) is 0 Å². The van der Waals surface area contributed by atoms with Crippen molar-refractivity contribution < 1.29 is 44.3 Å². The van der Waals surface area contributed by atoms with Crippen LogP contribution in [0.15, 0.2) is 78.0 Å². The Morgan fingerprint density at radius 1 is 0.756 bits per heavy atom. The predicted molar refractivity (Wildman–Crippen MR) is 130 cm³/mol. The summed E-state index contributed by atoms with van der Waals surface area (Å²) in [6.07, 6.45) is -14.1. The Hall–Kier alpha value is -4.01. The van der Waals surface area contributed by atoms with Crippen molar-refractivity contribution in [2.75, 3.05) is 0 Å². The van der Waals surface area contributed by atoms with Gasteiger partial charge in [-0.15, -0.1) is 10.2 Å². The number of hydrogen-bond donors (Lipinski definition) is 1. The van der Waals surface area contributed by atoms with E-state index in [-0.39, 0.29) is 28.0 Å². The molecule has 3 aromatic carbocycles. The third-order valence-corrected chi connectivity index (χ3v) is 6.64. The van der Waals surface area contributed by atoms with E-state index in [1.54, 1.807) is 0 Å². The highest BCUT2D eigenvalue weighted by Crippen LogP contribution is 2.34. The summed E-state index contributed by atoms with van der Waals surface area (Å²) in [6, 6.07) is 12.5. The number of halogens is 9. The van der Waals surface area contributed by atoms with Crippen molar-refractivity contribution in [2.45, 2.75) is 36.0 Å². The van der Waals surface area contributed by atoms with Crippen LogP contribution in [-0.2, 0) is 30.8 Å². The van der Waals surface area contributed by atoms with Crippen LogP contribution in [0, 0.1) is 0 Å². The summed E-state index contributed by atoms with van der Waals surface area (Å²) in [5.74, 6) is -1.32. The van der Waals surface area contributed by atoms with Crippen molar-refractivity contribution in [3.63, 3.8) is 0 Å². The van der Waals surface area contributed by atoms with E-state index in [1.165, 1.54) is 24.3 Å². The summed E-state index contributed by atoms with van der Waals surface area (Å²) < 4.78 is 121. The molecular formula is C26H17F9N4OS. The Balaban J connectivity index is 1.66. The summed E-state index contributed by atoms with van der Waals surface area (Å²) >= 11 is 0.864. The standard InChI is InChI=1S/C26H17F9N4OS/c27-24(28,29)16-6-3-5-15(11-16)14-41-23-38-37-21(39(23)18-8-4-7-17(12-18)25(30,31)32)13-36-22(40)19-9-1-2-10-20(19)26(33,34)35/h1-12H,13-14H2,(H,36,40). The van der Waals surface area contributed by atoms with Gasteiger partial charge in [-0.05, 0) is 42.0 Å². The molecule has 0 bridgehead atoms. The van der Waals surface area contributed by atoms with Crippen molar-refractivity contribution in [3.05, 3.63) is 106 Å². The average Bonchev–Trinajstić information content (AvgIpc) is 3.32. The van der Waals surface area contributed by atoms with Crippen LogP contribution in [0.5, 0.6) is 0 Å². The molecule has 0 unspecified atom stereocenters. The summed E-state index contributed by atoms with van der Waals surface area (Å²) in [5.41, 5.74) is -3.62. The lowest BCUT2D eigenvalue weighted by Gasteiger charge is -2.15. The fourth-order valence-corrected chi connectivity index (χ4v) is 4.67. The number of carbonyl (C=O) groups excluding carboxylic acids is 1. The smallest absolute Gasteiger partial charge is 0.345 e. The number of nitrogens with zero attached hydrogens (tertiary/aromatic N) is 3. The van der Waals surface area contributed by atoms with Gasteiger partial charge in [0.15, 0.2) is 11.0 Å². The summed E-state index contributed by atoms with van der Waals surface area (Å²) in [4.78, 5) is 12.6. The van der Waals surface area contributed by atoms with E-state index in [1.807, 2.05) is 0 Å². The summed E-state index contributed by atoms with van der Waals surface area (Å²) in [7, 11) is 0. The maximum atomic E-state index is 13.4. The van der Waals surface area contributed by atoms with Crippen LogP contribution in [0.2, 0.25) is 0 Å². The van der Waals surface area contributed by atoms with Gasteiger partial charge in [0, 0.05) is 5.75 Å². The second-order valence-corrected chi connectivity index (χ2v) is 9.44. The molecule has 1 heterocycles. The van der Waals surface area contributed by atoms with Gasteiger partial charge in [0.1, 0.15) is 0 Å². The van der Waals surface area contributed by atoms with Crippen LogP contribution in [0.3, 0.4) is 0 Å². The van der Waals surface area contributed by atoms with Crippen LogP contribution < -0.4 is 5.32 Å². The first-order valence-electron chi connectivity index (χ1n) is 11.5. The van der Waals surface area contributed by atoms with Gasteiger partial charge in [-0.3, -0.25) is 9.36 Å². The third-order valence-electron chi connectivity index (χ3n) is 5.64. The summed E-state index contributed by atoms with van der Waals surface area (Å²) in [6.45, 7) is -0.529. The molecule has 0 spiro atoms. The minimum absolute atomic E-state index is 0.0262. The number of thioether (sulfide) groups is 1. The number of aromatic nitrogens is 3. The van der Waals surface area contributed by atoms with E-state index < -0.39 is 53.2 Å². The van der Waals surface area contributed by atoms with E-state index in [9.17, 15) is 44.3 Å². The zero-order valence-corrected chi connectivity index (χ0v) is 21.2. The maximum absolute atomic E-state index is 13.4. The molecule has 0 radical (unpaired) electrons. The van der Waals surface area contributed by atoms with Gasteiger partial charge in [-0.2, -0.15) is 39.5 Å². The molecule has 0 saturated heterocycles. The monoisotopic (exact) mass is 604 g/mol. The minimum Gasteiger partial charge on any atom is -0.345 e. The highest BCUT2D eigenvalue weighted by molar-refractivity contribution is 7.98. The molecular weight excluding hydrogens is 587 g/mol. The zero-order valence-electron chi connectivity index (χ0n) is 20.4. The Morgan fingerprint density at radius 3 is 2.05 bits per heavy atom. The number of carbonyl (C=O) groups is 1. The molecule has 0 atom stereocenters. The van der Waals surface area contributed by atoms with E-state index in [2.05, 4.69) is 15.5 Å². The maximum Gasteiger partial charge on any atom is 0.417 e. The number of hydrogen-bond acceptors (Lipinski definition) is 4. The lowest BCUT2D eigenvalue weighted by atomic mass is 10.1. The van der Waals surface area contributed by atoms with Crippen molar-refractivity contribution in [1.29, 1.82) is 0 Å². The van der Waals surface area contributed by atoms with Crippen molar-refractivity contribution >= 4 is 17.7 Å². The minimum atomic E-state index is -4.82. The molecule has 4 rings (SSSR count). The molecule has 0 aliphatic rings. The quantitative estimate of drug-likeness (QED) is 0.175. The van der Waals surface area contributed by atoms with Crippen molar-refractivity contribution in [1.82, 2.24) is 20.1 Å². The molecule has 216 valence electrons. The van der Waals surface area contributed by atoms with Crippen LogP contribution in [0.4, 0.5) is 39.5 Å². The van der Waals surface area contributed by atoms with Gasteiger partial charge in [0.25, 0.3) is 5.91 Å². The Morgan fingerprint density at radius 2 is 1.39 bits per heavy atom. The Labute approximate surface area is 230 Å². The predicted octanol–water partition coefficient (Wildman–Crippen LogP) is 7.55. The third kappa shape index (κ3) is 7.20. The molecule has 1 N–H and O–H groups in total. The topological polar surface area (TPSA) is 59.8 Å². The molecule has 0 saturated carbocycles. The molecule has 1 aromatic heterocycles. The molecule has 15 heteroatoms. The normalized spacial score (nSPS) is 12.4. The van der Waals surface area contributed by atoms with Crippen molar-refractivity contribution in [2.24, 2.45) is 0 Å².